The van der Waals surface area contributed by atoms with Gasteiger partial charge >= 0.3 is 12.1 Å². The number of hydrogen-bond donors (Lipinski definition) is 0. The van der Waals surface area contributed by atoms with Crippen molar-refractivity contribution in [3.8, 4) is 17.1 Å². The Morgan fingerprint density at radius 2 is 1.52 bits per heavy atom. The number of aromatic nitrogens is 2. The number of esters is 1. The number of benzene rings is 1. The molecule has 31 heavy (non-hydrogen) atoms. The monoisotopic (exact) mass is 436 g/mol. The minimum absolute atomic E-state index is 0.0657. The summed E-state index contributed by atoms with van der Waals surface area (Å²) in [5.74, 6) is -0.704. The lowest BCUT2D eigenvalue weighted by Gasteiger charge is -2.29. The van der Waals surface area contributed by atoms with E-state index < -0.39 is 17.6 Å². The zero-order chi connectivity index (χ0) is 22.9. The van der Waals surface area contributed by atoms with Crippen LogP contribution in [0.25, 0.3) is 11.4 Å². The molecule has 0 aliphatic carbocycles. The number of nitrogens with zero attached hydrogens (tertiary/aromatic N) is 2. The second-order valence-corrected chi connectivity index (χ2v) is 8.07. The van der Waals surface area contributed by atoms with Crippen LogP contribution in [0.3, 0.4) is 0 Å². The fourth-order valence-electron chi connectivity index (χ4n) is 3.19. The van der Waals surface area contributed by atoms with E-state index in [9.17, 15) is 18.0 Å². The normalized spacial score (nSPS) is 13.6. The summed E-state index contributed by atoms with van der Waals surface area (Å²) in [7, 11) is 0. The molecule has 1 unspecified atom stereocenters. The van der Waals surface area contributed by atoms with Crippen molar-refractivity contribution in [3.05, 3.63) is 42.2 Å². The molecule has 1 heterocycles. The lowest BCUT2D eigenvalue weighted by atomic mass is 9.84. The summed E-state index contributed by atoms with van der Waals surface area (Å²) in [6.07, 6.45) is 4.65. The first-order valence-corrected chi connectivity index (χ1v) is 10.9. The molecule has 1 aromatic heterocycles. The second-order valence-electron chi connectivity index (χ2n) is 8.07. The predicted octanol–water partition coefficient (Wildman–Crippen LogP) is 6.93. The third kappa shape index (κ3) is 6.77. The van der Waals surface area contributed by atoms with Gasteiger partial charge in [-0.05, 0) is 56.0 Å². The zero-order valence-corrected chi connectivity index (χ0v) is 18.5. The molecule has 1 aromatic carbocycles. The summed E-state index contributed by atoms with van der Waals surface area (Å²) >= 11 is 0. The maximum absolute atomic E-state index is 13.6. The highest BCUT2D eigenvalue weighted by Gasteiger charge is 2.57. The second kappa shape index (κ2) is 11.3. The third-order valence-corrected chi connectivity index (χ3v) is 5.45. The number of hydrogen-bond acceptors (Lipinski definition) is 4. The Morgan fingerprint density at radius 1 is 0.935 bits per heavy atom. The fourth-order valence-corrected chi connectivity index (χ4v) is 3.19. The number of carbonyl (C=O) groups excluding carboxylic acids is 1. The van der Waals surface area contributed by atoms with Crippen molar-refractivity contribution in [1.82, 2.24) is 9.97 Å². The third-order valence-electron chi connectivity index (χ3n) is 5.45. The van der Waals surface area contributed by atoms with Crippen LogP contribution >= 0.6 is 0 Å². The van der Waals surface area contributed by atoms with E-state index in [0.717, 1.165) is 44.6 Å². The van der Waals surface area contributed by atoms with Crippen LogP contribution in [-0.4, -0.2) is 22.1 Å². The minimum atomic E-state index is -4.68. The molecule has 0 N–H and O–H groups in total. The van der Waals surface area contributed by atoms with Gasteiger partial charge < -0.3 is 4.74 Å². The Hall–Kier alpha value is -2.44. The molecule has 0 aliphatic rings. The molecule has 0 amide bonds. The van der Waals surface area contributed by atoms with E-state index in [2.05, 4.69) is 16.9 Å². The van der Waals surface area contributed by atoms with E-state index in [1.165, 1.54) is 12.1 Å². The van der Waals surface area contributed by atoms with Crippen LogP contribution in [0.5, 0.6) is 5.75 Å². The summed E-state index contributed by atoms with van der Waals surface area (Å²) in [5.41, 5.74) is -0.768. The topological polar surface area (TPSA) is 52.1 Å². The van der Waals surface area contributed by atoms with Crippen LogP contribution in [0.15, 0.2) is 36.7 Å². The summed E-state index contributed by atoms with van der Waals surface area (Å²) in [4.78, 5) is 21.1. The molecule has 0 fully saturated rings. The number of halogens is 3. The molecular weight excluding hydrogens is 405 g/mol. The van der Waals surface area contributed by atoms with Crippen molar-refractivity contribution in [3.63, 3.8) is 0 Å². The van der Waals surface area contributed by atoms with Gasteiger partial charge in [-0.2, -0.15) is 13.2 Å². The Labute approximate surface area is 182 Å². The largest absolute Gasteiger partial charge is 0.426 e. The maximum Gasteiger partial charge on any atom is 0.404 e. The Bertz CT molecular complexity index is 820. The van der Waals surface area contributed by atoms with Crippen LogP contribution in [-0.2, 0) is 11.2 Å². The van der Waals surface area contributed by atoms with E-state index in [4.69, 9.17) is 4.74 Å². The van der Waals surface area contributed by atoms with Crippen LogP contribution in [0, 0.1) is 5.41 Å². The molecule has 1 atom stereocenters. The smallest absolute Gasteiger partial charge is 0.404 e. The standard InChI is InChI=1S/C24H31F3N2O2/c1-4-6-8-10-18-16-28-21(29-17-18)19-11-13-20(14-12-19)31-22(30)23(3,24(25,26)27)15-9-7-5-2/h11-14,16-17H,4-10,15H2,1-3H3. The molecule has 7 heteroatoms. The summed E-state index contributed by atoms with van der Waals surface area (Å²) in [5, 5.41) is 0. The van der Waals surface area contributed by atoms with E-state index >= 15 is 0 Å². The van der Waals surface area contributed by atoms with E-state index in [1.54, 1.807) is 24.5 Å². The summed E-state index contributed by atoms with van der Waals surface area (Å²) in [6.45, 7) is 4.96. The van der Waals surface area contributed by atoms with Gasteiger partial charge in [0, 0.05) is 18.0 Å². The molecule has 0 radical (unpaired) electrons. The van der Waals surface area contributed by atoms with Crippen LogP contribution < -0.4 is 4.74 Å². The van der Waals surface area contributed by atoms with Gasteiger partial charge in [0.1, 0.15) is 5.75 Å². The zero-order valence-electron chi connectivity index (χ0n) is 18.5. The number of alkyl halides is 3. The SMILES string of the molecule is CCCCCc1cnc(-c2ccc(OC(=O)C(C)(CCCCC)C(F)(F)F)cc2)nc1. The molecule has 2 aromatic rings. The van der Waals surface area contributed by atoms with Crippen molar-refractivity contribution < 1.29 is 22.7 Å². The van der Waals surface area contributed by atoms with Crippen molar-refractivity contribution in [2.45, 2.75) is 78.3 Å². The van der Waals surface area contributed by atoms with Gasteiger partial charge in [0.05, 0.1) is 0 Å². The quantitative estimate of drug-likeness (QED) is 0.218. The molecule has 4 nitrogen and oxygen atoms in total. The fraction of sp³-hybridized carbons (Fsp3) is 0.542. The van der Waals surface area contributed by atoms with E-state index in [-0.39, 0.29) is 12.2 Å². The van der Waals surface area contributed by atoms with Gasteiger partial charge in [-0.1, -0.05) is 46.0 Å². The predicted molar refractivity (Wildman–Crippen MR) is 115 cm³/mol. The first-order valence-electron chi connectivity index (χ1n) is 10.9. The number of carbonyl (C=O) groups is 1. The average molecular weight is 437 g/mol. The Kier molecular flexibility index (Phi) is 9.01. The molecular formula is C24H31F3N2O2. The van der Waals surface area contributed by atoms with Crippen LogP contribution in [0.4, 0.5) is 13.2 Å². The van der Waals surface area contributed by atoms with Crippen LogP contribution in [0.2, 0.25) is 0 Å². The molecule has 170 valence electrons. The lowest BCUT2D eigenvalue weighted by Crippen LogP contribution is -2.45. The van der Waals surface area contributed by atoms with Gasteiger partial charge in [-0.3, -0.25) is 4.79 Å². The van der Waals surface area contributed by atoms with E-state index in [1.807, 2.05) is 6.92 Å². The molecule has 0 spiro atoms. The van der Waals surface area contributed by atoms with Crippen molar-refractivity contribution >= 4 is 5.97 Å². The molecule has 0 saturated carbocycles. The first kappa shape index (κ1) is 24.8. The number of ether oxygens (including phenoxy) is 1. The highest BCUT2D eigenvalue weighted by atomic mass is 19.4. The van der Waals surface area contributed by atoms with E-state index in [0.29, 0.717) is 24.2 Å². The average Bonchev–Trinajstić information content (AvgIpc) is 2.74. The highest BCUT2D eigenvalue weighted by molar-refractivity contribution is 5.80. The number of aryl methyl sites for hydroxylation is 1. The van der Waals surface area contributed by atoms with Gasteiger partial charge in [0.25, 0.3) is 0 Å². The van der Waals surface area contributed by atoms with Crippen LogP contribution in [0.1, 0.15) is 71.3 Å². The molecule has 0 bridgehead atoms. The van der Waals surface area contributed by atoms with Crippen molar-refractivity contribution in [2.75, 3.05) is 0 Å². The van der Waals surface area contributed by atoms with Gasteiger partial charge in [0.2, 0.25) is 0 Å². The molecule has 0 saturated heterocycles. The molecule has 2 rings (SSSR count). The number of unbranched alkanes of at least 4 members (excludes halogenated alkanes) is 4. The first-order chi connectivity index (χ1) is 14.7. The van der Waals surface area contributed by atoms with Crippen molar-refractivity contribution in [1.29, 1.82) is 0 Å². The number of rotatable bonds is 11. The van der Waals surface area contributed by atoms with Gasteiger partial charge in [0.15, 0.2) is 11.2 Å². The minimum Gasteiger partial charge on any atom is -0.426 e. The van der Waals surface area contributed by atoms with Gasteiger partial charge in [-0.15, -0.1) is 0 Å². The lowest BCUT2D eigenvalue weighted by molar-refractivity contribution is -0.226. The van der Waals surface area contributed by atoms with Gasteiger partial charge in [-0.25, -0.2) is 9.97 Å². The Morgan fingerprint density at radius 3 is 2.06 bits per heavy atom. The summed E-state index contributed by atoms with van der Waals surface area (Å²) in [6, 6.07) is 6.20. The van der Waals surface area contributed by atoms with Crippen molar-refractivity contribution in [2.24, 2.45) is 5.41 Å². The highest BCUT2D eigenvalue weighted by Crippen LogP contribution is 2.43. The summed E-state index contributed by atoms with van der Waals surface area (Å²) < 4.78 is 45.9. The Balaban J connectivity index is 2.06. The maximum atomic E-state index is 13.6. The molecule has 0 aliphatic heterocycles.